The second kappa shape index (κ2) is 8.66. The highest BCUT2D eigenvalue weighted by atomic mass is 19.1. The van der Waals surface area contributed by atoms with Crippen molar-refractivity contribution in [2.45, 2.75) is 52.7 Å². The first-order chi connectivity index (χ1) is 13.4. The van der Waals surface area contributed by atoms with Crippen molar-refractivity contribution in [2.24, 2.45) is 5.92 Å². The van der Waals surface area contributed by atoms with Gasteiger partial charge in [-0.05, 0) is 56.0 Å². The van der Waals surface area contributed by atoms with Gasteiger partial charge in [-0.25, -0.2) is 4.39 Å². The second-order valence-electron chi connectivity index (χ2n) is 8.17. The lowest BCUT2D eigenvalue weighted by atomic mass is 9.98. The summed E-state index contributed by atoms with van der Waals surface area (Å²) in [7, 11) is 0. The zero-order chi connectivity index (χ0) is 20.3. The maximum atomic E-state index is 14.6. The molecule has 1 aliphatic heterocycles. The minimum absolute atomic E-state index is 0.147. The number of halogens is 1. The zero-order valence-corrected chi connectivity index (χ0v) is 17.1. The molecule has 28 heavy (non-hydrogen) atoms. The maximum Gasteiger partial charge on any atom is 0.143 e. The molecule has 1 aromatic heterocycles. The van der Waals surface area contributed by atoms with Gasteiger partial charge in [-0.1, -0.05) is 13.8 Å². The summed E-state index contributed by atoms with van der Waals surface area (Å²) < 4.78 is 14.6. The third kappa shape index (κ3) is 4.48. The van der Waals surface area contributed by atoms with Crippen LogP contribution < -0.4 is 4.90 Å². The van der Waals surface area contributed by atoms with E-state index in [9.17, 15) is 9.65 Å². The summed E-state index contributed by atoms with van der Waals surface area (Å²) in [5, 5.41) is 17.7. The Labute approximate surface area is 166 Å². The van der Waals surface area contributed by atoms with Crippen molar-refractivity contribution in [3.63, 3.8) is 0 Å². The van der Waals surface area contributed by atoms with Gasteiger partial charge in [0.25, 0.3) is 0 Å². The zero-order valence-electron chi connectivity index (χ0n) is 17.1. The summed E-state index contributed by atoms with van der Waals surface area (Å²) in [5.74, 6) is 0.0137. The number of anilines is 1. The molecule has 1 aromatic carbocycles. The highest BCUT2D eigenvalue weighted by Gasteiger charge is 2.31. The van der Waals surface area contributed by atoms with Gasteiger partial charge in [0.05, 0.1) is 11.4 Å². The fraction of sp³-hybridized carbons (Fsp3) is 0.500. The van der Waals surface area contributed by atoms with Crippen LogP contribution in [0.5, 0.6) is 0 Å². The Bertz CT molecular complexity index is 834. The van der Waals surface area contributed by atoms with Crippen LogP contribution in [0.4, 0.5) is 10.1 Å². The van der Waals surface area contributed by atoms with E-state index < -0.39 is 5.82 Å². The fourth-order valence-corrected chi connectivity index (χ4v) is 4.07. The van der Waals surface area contributed by atoms with Crippen LogP contribution in [0, 0.1) is 23.1 Å². The summed E-state index contributed by atoms with van der Waals surface area (Å²) in [6, 6.07) is 9.96. The van der Waals surface area contributed by atoms with Gasteiger partial charge in [0.15, 0.2) is 0 Å². The Kier molecular flexibility index (Phi) is 6.25. The van der Waals surface area contributed by atoms with Crippen LogP contribution >= 0.6 is 0 Å². The molecular formula is C22H28FN5. The van der Waals surface area contributed by atoms with Gasteiger partial charge in [-0.3, -0.25) is 4.90 Å². The van der Waals surface area contributed by atoms with Crippen LogP contribution in [-0.4, -0.2) is 40.3 Å². The molecule has 1 aliphatic rings. The van der Waals surface area contributed by atoms with Gasteiger partial charge in [-0.15, -0.1) is 0 Å². The number of hydrogen-bond acceptors (Lipinski definition) is 5. The number of aromatic nitrogens is 2. The van der Waals surface area contributed by atoms with E-state index in [0.717, 1.165) is 43.0 Å². The highest BCUT2D eigenvalue weighted by Crippen LogP contribution is 2.30. The monoisotopic (exact) mass is 381 g/mol. The van der Waals surface area contributed by atoms with Crippen LogP contribution in [-0.2, 0) is 13.0 Å². The molecule has 0 unspecified atom stereocenters. The first-order valence-electron chi connectivity index (χ1n) is 9.88. The Morgan fingerprint density at radius 2 is 1.96 bits per heavy atom. The molecule has 5 nitrogen and oxygen atoms in total. The molecule has 2 aromatic rings. The van der Waals surface area contributed by atoms with Gasteiger partial charge in [0.1, 0.15) is 17.4 Å². The fourth-order valence-electron chi connectivity index (χ4n) is 4.07. The molecule has 1 saturated heterocycles. The van der Waals surface area contributed by atoms with Crippen molar-refractivity contribution in [3.8, 4) is 6.07 Å². The number of nitriles is 1. The van der Waals surface area contributed by atoms with E-state index in [1.807, 2.05) is 18.2 Å². The summed E-state index contributed by atoms with van der Waals surface area (Å²) in [4.78, 5) is 4.55. The van der Waals surface area contributed by atoms with Crippen molar-refractivity contribution < 1.29 is 4.39 Å². The summed E-state index contributed by atoms with van der Waals surface area (Å²) in [6.45, 7) is 10.8. The molecule has 0 amide bonds. The third-order valence-electron chi connectivity index (χ3n) is 5.30. The quantitative estimate of drug-likeness (QED) is 0.789. The van der Waals surface area contributed by atoms with E-state index in [-0.39, 0.29) is 17.6 Å². The smallest absolute Gasteiger partial charge is 0.143 e. The first kappa shape index (κ1) is 20.2. The Morgan fingerprint density at radius 3 is 2.54 bits per heavy atom. The minimum atomic E-state index is -0.419. The molecule has 1 fully saturated rings. The number of hydrogen-bond donors (Lipinski definition) is 0. The average molecular weight is 381 g/mol. The molecular weight excluding hydrogens is 353 g/mol. The summed E-state index contributed by atoms with van der Waals surface area (Å²) in [6.07, 6.45) is 2.48. The summed E-state index contributed by atoms with van der Waals surface area (Å²) in [5.41, 5.74) is 2.76. The van der Waals surface area contributed by atoms with E-state index in [0.29, 0.717) is 5.92 Å². The van der Waals surface area contributed by atoms with Crippen molar-refractivity contribution in [1.29, 1.82) is 5.26 Å². The van der Waals surface area contributed by atoms with Crippen LogP contribution in [0.15, 0.2) is 30.5 Å². The largest absolute Gasteiger partial charge is 0.367 e. The van der Waals surface area contributed by atoms with E-state index >= 15 is 0 Å². The van der Waals surface area contributed by atoms with Gasteiger partial charge >= 0.3 is 0 Å². The lowest BCUT2D eigenvalue weighted by Crippen LogP contribution is -2.56. The lowest BCUT2D eigenvalue weighted by Gasteiger charge is -2.45. The van der Waals surface area contributed by atoms with Gasteiger partial charge in [-0.2, -0.15) is 15.5 Å². The normalized spacial score (nSPS) is 20.4. The number of benzene rings is 1. The molecule has 2 heterocycles. The molecule has 0 spiro atoms. The average Bonchev–Trinajstić information content (AvgIpc) is 2.64. The lowest BCUT2D eigenvalue weighted by molar-refractivity contribution is 0.121. The van der Waals surface area contributed by atoms with Crippen molar-refractivity contribution in [1.82, 2.24) is 15.1 Å². The molecule has 6 heteroatoms. The molecule has 0 saturated carbocycles. The SMILES string of the molecule is CC(C)Cc1cc(F)c(C#N)c(N2C[C@@H](C)N(Cc3cccnn3)[C@H](C)C2)c1. The standard InChI is InChI=1S/C22H28FN5/c1-15(2)8-18-9-21(23)20(11-24)22(10-18)27-12-16(3)28(17(4)13-27)14-19-6-5-7-25-26-19/h5-7,9-10,15-17H,8,12-14H2,1-4H3/t16-,17-/m1/s1. The summed E-state index contributed by atoms with van der Waals surface area (Å²) >= 11 is 0. The molecule has 148 valence electrons. The van der Waals surface area contributed by atoms with Gasteiger partial charge in [0, 0.05) is 37.9 Å². The number of piperazine rings is 1. The predicted octanol–water partition coefficient (Wildman–Crippen LogP) is 3.79. The molecule has 0 bridgehead atoms. The van der Waals surface area contributed by atoms with E-state index in [1.165, 1.54) is 6.07 Å². The van der Waals surface area contributed by atoms with Crippen LogP contribution in [0.25, 0.3) is 0 Å². The Morgan fingerprint density at radius 1 is 1.25 bits per heavy atom. The van der Waals surface area contributed by atoms with Gasteiger partial charge in [0.2, 0.25) is 0 Å². The Hall–Kier alpha value is -2.52. The molecule has 0 aliphatic carbocycles. The van der Waals surface area contributed by atoms with Crippen molar-refractivity contribution in [2.75, 3.05) is 18.0 Å². The second-order valence-corrected chi connectivity index (χ2v) is 8.17. The highest BCUT2D eigenvalue weighted by molar-refractivity contribution is 5.62. The van der Waals surface area contributed by atoms with E-state index in [4.69, 9.17) is 0 Å². The molecule has 0 radical (unpaired) electrons. The van der Waals surface area contributed by atoms with Crippen LogP contribution in [0.1, 0.15) is 44.5 Å². The minimum Gasteiger partial charge on any atom is -0.367 e. The topological polar surface area (TPSA) is 56.1 Å². The van der Waals surface area contributed by atoms with Crippen LogP contribution in [0.2, 0.25) is 0 Å². The van der Waals surface area contributed by atoms with Gasteiger partial charge < -0.3 is 4.90 Å². The Balaban J connectivity index is 1.84. The molecule has 2 atom stereocenters. The number of nitrogens with zero attached hydrogens (tertiary/aromatic N) is 5. The van der Waals surface area contributed by atoms with E-state index in [1.54, 1.807) is 6.20 Å². The van der Waals surface area contributed by atoms with Crippen LogP contribution in [0.3, 0.4) is 0 Å². The molecule has 3 rings (SSSR count). The van der Waals surface area contributed by atoms with Crippen molar-refractivity contribution >= 4 is 5.69 Å². The number of rotatable bonds is 5. The molecule has 0 N–H and O–H groups in total. The van der Waals surface area contributed by atoms with E-state index in [2.05, 4.69) is 53.8 Å². The maximum absolute atomic E-state index is 14.6. The predicted molar refractivity (Wildman–Crippen MR) is 108 cm³/mol. The third-order valence-corrected chi connectivity index (χ3v) is 5.30. The first-order valence-corrected chi connectivity index (χ1v) is 9.88. The van der Waals surface area contributed by atoms with Crippen molar-refractivity contribution in [3.05, 3.63) is 53.1 Å².